The van der Waals surface area contributed by atoms with Crippen molar-refractivity contribution in [3.8, 4) is 0 Å². The predicted molar refractivity (Wildman–Crippen MR) is 87.6 cm³/mol. The fraction of sp³-hybridized carbons (Fsp3) is 0.500. The fourth-order valence-electron chi connectivity index (χ4n) is 1.70. The maximum atomic E-state index is 12.5. The summed E-state index contributed by atoms with van der Waals surface area (Å²) >= 11 is 0. The number of guanidine groups is 1. The number of aliphatic imine (C=N–C) groups is 1. The van der Waals surface area contributed by atoms with Gasteiger partial charge in [0.25, 0.3) is 0 Å². The summed E-state index contributed by atoms with van der Waals surface area (Å²) in [4.78, 5) is 17.4. The zero-order chi connectivity index (χ0) is 18.2. The molecule has 0 aromatic heterocycles. The van der Waals surface area contributed by atoms with Crippen LogP contribution in [-0.2, 0) is 17.5 Å². The van der Waals surface area contributed by atoms with Gasteiger partial charge in [0.15, 0.2) is 5.96 Å². The highest BCUT2D eigenvalue weighted by Crippen LogP contribution is 2.29. The molecule has 0 aliphatic rings. The molecule has 0 fully saturated rings. The molecule has 0 spiro atoms. The predicted octanol–water partition coefficient (Wildman–Crippen LogP) is 2.24. The van der Waals surface area contributed by atoms with Crippen LogP contribution in [0.4, 0.5) is 13.2 Å². The SMILES string of the molecule is CCCNC(=NCc1ccc(C(F)(F)F)cc1)NCC(=O)N(C)C. The average molecular weight is 344 g/mol. The van der Waals surface area contributed by atoms with Crippen LogP contribution in [0, 0.1) is 0 Å². The van der Waals surface area contributed by atoms with Crippen LogP contribution < -0.4 is 10.6 Å². The van der Waals surface area contributed by atoms with Gasteiger partial charge in [0.2, 0.25) is 5.91 Å². The number of carbonyl (C=O) groups is 1. The van der Waals surface area contributed by atoms with Crippen LogP contribution in [-0.4, -0.2) is 44.0 Å². The van der Waals surface area contributed by atoms with Crippen molar-refractivity contribution in [2.24, 2.45) is 4.99 Å². The van der Waals surface area contributed by atoms with Crippen LogP contribution in [0.3, 0.4) is 0 Å². The Labute approximate surface area is 139 Å². The van der Waals surface area contributed by atoms with Gasteiger partial charge in [0.05, 0.1) is 18.7 Å². The number of likely N-dealkylation sites (N-methyl/N-ethyl adjacent to an activating group) is 1. The monoisotopic (exact) mass is 344 g/mol. The molecule has 0 aliphatic carbocycles. The number of hydrogen-bond donors (Lipinski definition) is 2. The van der Waals surface area contributed by atoms with Crippen molar-refractivity contribution < 1.29 is 18.0 Å². The maximum Gasteiger partial charge on any atom is 0.416 e. The zero-order valence-electron chi connectivity index (χ0n) is 14.1. The highest BCUT2D eigenvalue weighted by molar-refractivity contribution is 5.86. The Hall–Kier alpha value is -2.25. The van der Waals surface area contributed by atoms with E-state index in [9.17, 15) is 18.0 Å². The molecule has 1 aromatic rings. The maximum absolute atomic E-state index is 12.5. The van der Waals surface area contributed by atoms with Crippen LogP contribution in [0.1, 0.15) is 24.5 Å². The minimum absolute atomic E-state index is 0.0928. The van der Waals surface area contributed by atoms with Crippen molar-refractivity contribution in [3.05, 3.63) is 35.4 Å². The highest BCUT2D eigenvalue weighted by atomic mass is 19.4. The van der Waals surface area contributed by atoms with E-state index in [1.54, 1.807) is 14.1 Å². The number of carbonyl (C=O) groups excluding carboxylic acids is 1. The van der Waals surface area contributed by atoms with Gasteiger partial charge in [0, 0.05) is 20.6 Å². The number of halogens is 3. The zero-order valence-corrected chi connectivity index (χ0v) is 14.1. The molecule has 1 amide bonds. The molecule has 2 N–H and O–H groups in total. The summed E-state index contributed by atoms with van der Waals surface area (Å²) in [6, 6.07) is 4.86. The third-order valence-corrected chi connectivity index (χ3v) is 3.15. The summed E-state index contributed by atoms with van der Waals surface area (Å²) in [5, 5.41) is 5.97. The van der Waals surface area contributed by atoms with Gasteiger partial charge in [-0.1, -0.05) is 19.1 Å². The van der Waals surface area contributed by atoms with E-state index < -0.39 is 11.7 Å². The summed E-state index contributed by atoms with van der Waals surface area (Å²) < 4.78 is 37.6. The van der Waals surface area contributed by atoms with Crippen LogP contribution in [0.2, 0.25) is 0 Å². The molecule has 0 aliphatic heterocycles. The van der Waals surface area contributed by atoms with Crippen LogP contribution in [0.5, 0.6) is 0 Å². The van der Waals surface area contributed by atoms with E-state index in [4.69, 9.17) is 0 Å². The summed E-state index contributed by atoms with van der Waals surface area (Å²) in [5.41, 5.74) is -0.0335. The molecule has 1 rings (SSSR count). The van der Waals surface area contributed by atoms with Crippen molar-refractivity contribution in [1.82, 2.24) is 15.5 Å². The van der Waals surface area contributed by atoms with Gasteiger partial charge in [-0.05, 0) is 24.1 Å². The number of rotatable bonds is 6. The van der Waals surface area contributed by atoms with Crippen molar-refractivity contribution in [1.29, 1.82) is 0 Å². The second-order valence-electron chi connectivity index (χ2n) is 5.43. The normalized spacial score (nSPS) is 12.0. The van der Waals surface area contributed by atoms with Crippen molar-refractivity contribution in [3.63, 3.8) is 0 Å². The minimum atomic E-state index is -4.34. The molecule has 1 aromatic carbocycles. The largest absolute Gasteiger partial charge is 0.416 e. The molecule has 0 heterocycles. The number of hydrogen-bond acceptors (Lipinski definition) is 2. The summed E-state index contributed by atoms with van der Waals surface area (Å²) in [6.45, 7) is 2.98. The molecule has 8 heteroatoms. The molecule has 0 bridgehead atoms. The van der Waals surface area contributed by atoms with E-state index >= 15 is 0 Å². The van der Waals surface area contributed by atoms with Crippen molar-refractivity contribution in [2.45, 2.75) is 26.1 Å². The lowest BCUT2D eigenvalue weighted by Gasteiger charge is -2.14. The molecule has 0 saturated carbocycles. The van der Waals surface area contributed by atoms with Gasteiger partial charge >= 0.3 is 6.18 Å². The summed E-state index contributed by atoms with van der Waals surface area (Å²) in [7, 11) is 3.31. The average Bonchev–Trinajstić information content (AvgIpc) is 2.53. The molecular weight excluding hydrogens is 321 g/mol. The molecule has 0 radical (unpaired) electrons. The van der Waals surface area contributed by atoms with Crippen LogP contribution >= 0.6 is 0 Å². The van der Waals surface area contributed by atoms with E-state index in [2.05, 4.69) is 15.6 Å². The molecule has 0 saturated heterocycles. The quantitative estimate of drug-likeness (QED) is 0.615. The van der Waals surface area contributed by atoms with E-state index in [0.29, 0.717) is 18.1 Å². The lowest BCUT2D eigenvalue weighted by atomic mass is 10.1. The van der Waals surface area contributed by atoms with Crippen LogP contribution in [0.15, 0.2) is 29.3 Å². The van der Waals surface area contributed by atoms with E-state index in [1.807, 2.05) is 6.92 Å². The number of amides is 1. The minimum Gasteiger partial charge on any atom is -0.356 e. The Morgan fingerprint density at radius 3 is 2.29 bits per heavy atom. The molecule has 5 nitrogen and oxygen atoms in total. The molecule has 0 atom stereocenters. The topological polar surface area (TPSA) is 56.7 Å². The third kappa shape index (κ3) is 6.89. The Morgan fingerprint density at radius 2 is 1.79 bits per heavy atom. The van der Waals surface area contributed by atoms with Crippen molar-refractivity contribution >= 4 is 11.9 Å². The second-order valence-corrected chi connectivity index (χ2v) is 5.43. The smallest absolute Gasteiger partial charge is 0.356 e. The number of nitrogens with one attached hydrogen (secondary N) is 2. The number of benzene rings is 1. The standard InChI is InChI=1S/C16H23F3N4O/c1-4-9-20-15(22-11-14(24)23(2)3)21-10-12-5-7-13(8-6-12)16(17,18)19/h5-8H,4,9-11H2,1-3H3,(H2,20,21,22). The van der Waals surface area contributed by atoms with E-state index in [0.717, 1.165) is 18.6 Å². The summed E-state index contributed by atoms with van der Waals surface area (Å²) in [5.74, 6) is 0.350. The first-order valence-corrected chi connectivity index (χ1v) is 7.62. The van der Waals surface area contributed by atoms with Crippen LogP contribution in [0.25, 0.3) is 0 Å². The molecular formula is C16H23F3N4O. The number of alkyl halides is 3. The second kappa shape index (κ2) is 9.14. The fourth-order valence-corrected chi connectivity index (χ4v) is 1.70. The molecule has 134 valence electrons. The van der Waals surface area contributed by atoms with Gasteiger partial charge in [-0.15, -0.1) is 0 Å². The number of nitrogens with zero attached hydrogens (tertiary/aromatic N) is 2. The molecule has 24 heavy (non-hydrogen) atoms. The first-order valence-electron chi connectivity index (χ1n) is 7.62. The molecule has 0 unspecified atom stereocenters. The first-order chi connectivity index (χ1) is 11.2. The lowest BCUT2D eigenvalue weighted by molar-refractivity contribution is -0.137. The van der Waals surface area contributed by atoms with Gasteiger partial charge in [-0.3, -0.25) is 4.79 Å². The Bertz CT molecular complexity index is 553. The Kier molecular flexibility index (Phi) is 7.54. The van der Waals surface area contributed by atoms with Gasteiger partial charge in [0.1, 0.15) is 0 Å². The Morgan fingerprint density at radius 1 is 1.17 bits per heavy atom. The lowest BCUT2D eigenvalue weighted by Crippen LogP contribution is -2.43. The Balaban J connectivity index is 2.70. The third-order valence-electron chi connectivity index (χ3n) is 3.15. The van der Waals surface area contributed by atoms with Crippen molar-refractivity contribution in [2.75, 3.05) is 27.2 Å². The van der Waals surface area contributed by atoms with E-state index in [1.165, 1.54) is 17.0 Å². The van der Waals surface area contributed by atoms with E-state index in [-0.39, 0.29) is 19.0 Å². The first kappa shape index (κ1) is 19.8. The van der Waals surface area contributed by atoms with Gasteiger partial charge < -0.3 is 15.5 Å². The van der Waals surface area contributed by atoms with Gasteiger partial charge in [-0.2, -0.15) is 13.2 Å². The summed E-state index contributed by atoms with van der Waals surface area (Å²) in [6.07, 6.45) is -3.47. The highest BCUT2D eigenvalue weighted by Gasteiger charge is 2.29. The van der Waals surface area contributed by atoms with Gasteiger partial charge in [-0.25, -0.2) is 4.99 Å².